The average Bonchev–Trinajstić information content (AvgIpc) is 3.37. The van der Waals surface area contributed by atoms with Gasteiger partial charge in [0.2, 0.25) is 5.91 Å². The van der Waals surface area contributed by atoms with Gasteiger partial charge in [0.15, 0.2) is 0 Å². The van der Waals surface area contributed by atoms with Crippen LogP contribution in [-0.2, 0) is 4.79 Å². The highest BCUT2D eigenvalue weighted by atomic mass is 16.2. The van der Waals surface area contributed by atoms with Gasteiger partial charge >= 0.3 is 0 Å². The first-order valence-electron chi connectivity index (χ1n) is 14.1. The van der Waals surface area contributed by atoms with Gasteiger partial charge in [0.25, 0.3) is 12.6 Å². The number of fused-ring (bicyclic) bond motifs is 1. The number of piperazine rings is 1. The number of carbonyl (C=O) groups is 1. The molecule has 3 aromatic heterocycles. The molecule has 0 unspecified atom stereocenters. The predicted molar refractivity (Wildman–Crippen MR) is 151 cm³/mol. The molecule has 198 valence electrons. The number of rotatable bonds is 5. The van der Waals surface area contributed by atoms with Crippen molar-refractivity contribution in [3.8, 4) is 17.8 Å². The SMILES string of the molecule is C#[N+]C1CC(C(=O)N2CCN(c3ccnn4cc(-c5ccc([C@@H]6CCCN(C(C)C)C6)cn5)cc34)CC2)C1. The van der Waals surface area contributed by atoms with Crippen LogP contribution < -0.4 is 4.90 Å². The van der Waals surface area contributed by atoms with Gasteiger partial charge in [0, 0.05) is 75.8 Å². The first-order chi connectivity index (χ1) is 18.5. The number of piperidine rings is 1. The third-order valence-corrected chi connectivity index (χ3v) is 8.83. The van der Waals surface area contributed by atoms with Gasteiger partial charge < -0.3 is 14.7 Å². The molecule has 3 fully saturated rings. The molecule has 2 saturated heterocycles. The summed E-state index contributed by atoms with van der Waals surface area (Å²) in [6.07, 6.45) is 10.1. The van der Waals surface area contributed by atoms with Crippen molar-refractivity contribution in [1.29, 1.82) is 0 Å². The minimum absolute atomic E-state index is 0.0887. The van der Waals surface area contributed by atoms with Crippen molar-refractivity contribution in [2.45, 2.75) is 57.5 Å². The summed E-state index contributed by atoms with van der Waals surface area (Å²) < 4.78 is 1.95. The standard InChI is InChI=1S/C30H38N7O/c1-21(2)36-10-4-5-23(19-36)22-6-7-27(32-18-22)25-17-29-28(8-9-33-37(29)20-25)34-11-13-35(14-12-34)30(38)24-15-26(16-24)31-3/h3,6-9,17-18,20-21,23-24,26H,4-5,10-16,19H2,1-2H3/q+1/t23-,24?,26?/m1/s1. The second-order valence-corrected chi connectivity index (χ2v) is 11.5. The Balaban J connectivity index is 1.14. The second kappa shape index (κ2) is 10.4. The monoisotopic (exact) mass is 512 g/mol. The van der Waals surface area contributed by atoms with E-state index in [0.717, 1.165) is 68.0 Å². The molecule has 1 aliphatic carbocycles. The third kappa shape index (κ3) is 4.76. The normalized spacial score (nSPS) is 24.4. The van der Waals surface area contributed by atoms with Crippen LogP contribution in [-0.4, -0.2) is 81.7 Å². The highest BCUT2D eigenvalue weighted by Crippen LogP contribution is 2.33. The zero-order valence-corrected chi connectivity index (χ0v) is 22.5. The van der Waals surface area contributed by atoms with Crippen LogP contribution in [0.25, 0.3) is 21.6 Å². The summed E-state index contributed by atoms with van der Waals surface area (Å²) in [5, 5.41) is 4.57. The number of nitrogens with zero attached hydrogens (tertiary/aromatic N) is 7. The Hall–Kier alpha value is -3.44. The number of likely N-dealkylation sites (tertiary alicyclic amines) is 1. The van der Waals surface area contributed by atoms with Crippen molar-refractivity contribution in [3.63, 3.8) is 0 Å². The summed E-state index contributed by atoms with van der Waals surface area (Å²) in [4.78, 5) is 28.5. The van der Waals surface area contributed by atoms with Crippen LogP contribution in [0.2, 0.25) is 0 Å². The Morgan fingerprint density at radius 1 is 1.11 bits per heavy atom. The molecule has 1 atom stereocenters. The minimum Gasteiger partial charge on any atom is -0.366 e. The van der Waals surface area contributed by atoms with Crippen LogP contribution in [0, 0.1) is 12.5 Å². The number of carbonyl (C=O) groups excluding carboxylic acids is 1. The Bertz CT molecular complexity index is 1330. The zero-order chi connectivity index (χ0) is 26.2. The lowest BCUT2D eigenvalue weighted by Gasteiger charge is -2.39. The highest BCUT2D eigenvalue weighted by Gasteiger charge is 2.43. The van der Waals surface area contributed by atoms with Gasteiger partial charge in [0.1, 0.15) is 0 Å². The van der Waals surface area contributed by atoms with Crippen LogP contribution in [0.1, 0.15) is 51.0 Å². The maximum atomic E-state index is 12.8. The molecular weight excluding hydrogens is 474 g/mol. The molecular formula is C30H38N7O+. The Kier molecular flexibility index (Phi) is 6.79. The van der Waals surface area contributed by atoms with E-state index >= 15 is 0 Å². The molecule has 0 aromatic carbocycles. The molecule has 3 aliphatic rings. The van der Waals surface area contributed by atoms with Crippen molar-refractivity contribution in [3.05, 3.63) is 53.3 Å². The first kappa shape index (κ1) is 24.9. The largest absolute Gasteiger partial charge is 0.366 e. The first-order valence-corrected chi connectivity index (χ1v) is 14.1. The van der Waals surface area contributed by atoms with Gasteiger partial charge in [-0.1, -0.05) is 10.9 Å². The maximum Gasteiger partial charge on any atom is 0.273 e. The molecule has 0 radical (unpaired) electrons. The third-order valence-electron chi connectivity index (χ3n) is 8.83. The van der Waals surface area contributed by atoms with E-state index in [-0.39, 0.29) is 17.9 Å². The van der Waals surface area contributed by atoms with Crippen LogP contribution in [0.5, 0.6) is 0 Å². The van der Waals surface area contributed by atoms with Gasteiger partial charge in [-0.15, -0.1) is 0 Å². The van der Waals surface area contributed by atoms with E-state index in [1.807, 2.05) is 15.6 Å². The second-order valence-electron chi connectivity index (χ2n) is 11.5. The maximum absolute atomic E-state index is 12.8. The summed E-state index contributed by atoms with van der Waals surface area (Å²) in [6.45, 7) is 15.4. The number of hydrogen-bond acceptors (Lipinski definition) is 5. The Morgan fingerprint density at radius 2 is 1.92 bits per heavy atom. The molecule has 8 heteroatoms. The van der Waals surface area contributed by atoms with Crippen LogP contribution in [0.4, 0.5) is 5.69 Å². The van der Waals surface area contributed by atoms with Gasteiger partial charge in [-0.05, 0) is 62.9 Å². The van der Waals surface area contributed by atoms with Crippen molar-refractivity contribution in [2.24, 2.45) is 5.92 Å². The molecule has 0 bridgehead atoms. The molecule has 8 nitrogen and oxygen atoms in total. The van der Waals surface area contributed by atoms with Crippen LogP contribution in [0.15, 0.2) is 42.9 Å². The molecule has 0 spiro atoms. The molecule has 1 amide bonds. The van der Waals surface area contributed by atoms with E-state index in [0.29, 0.717) is 12.0 Å². The summed E-state index contributed by atoms with van der Waals surface area (Å²) in [5.74, 6) is 0.904. The quantitative estimate of drug-likeness (QED) is 0.508. The topological polar surface area (TPSA) is 61.3 Å². The fourth-order valence-electron chi connectivity index (χ4n) is 6.31. The summed E-state index contributed by atoms with van der Waals surface area (Å²) in [7, 11) is 0. The summed E-state index contributed by atoms with van der Waals surface area (Å²) in [5.41, 5.74) is 5.60. The van der Waals surface area contributed by atoms with E-state index in [4.69, 9.17) is 11.6 Å². The van der Waals surface area contributed by atoms with E-state index in [1.165, 1.54) is 24.9 Å². The lowest BCUT2D eigenvalue weighted by atomic mass is 9.79. The van der Waals surface area contributed by atoms with Gasteiger partial charge in [-0.2, -0.15) is 5.10 Å². The van der Waals surface area contributed by atoms with Gasteiger partial charge in [-0.3, -0.25) is 9.78 Å². The minimum atomic E-state index is 0.0887. The van der Waals surface area contributed by atoms with E-state index in [1.54, 1.807) is 0 Å². The molecule has 3 aromatic rings. The van der Waals surface area contributed by atoms with Gasteiger partial charge in [-0.25, -0.2) is 4.52 Å². The lowest BCUT2D eigenvalue weighted by Crippen LogP contribution is -2.52. The fraction of sp³-hybridized carbons (Fsp3) is 0.533. The molecule has 1 saturated carbocycles. The van der Waals surface area contributed by atoms with Crippen molar-refractivity contribution >= 4 is 17.1 Å². The average molecular weight is 513 g/mol. The zero-order valence-electron chi connectivity index (χ0n) is 22.5. The van der Waals surface area contributed by atoms with E-state index in [2.05, 4.69) is 70.3 Å². The van der Waals surface area contributed by atoms with Crippen molar-refractivity contribution in [1.82, 2.24) is 24.4 Å². The number of aromatic nitrogens is 3. The summed E-state index contributed by atoms with van der Waals surface area (Å²) >= 11 is 0. The molecule has 6 rings (SSSR count). The summed E-state index contributed by atoms with van der Waals surface area (Å²) in [6, 6.07) is 9.43. The lowest BCUT2D eigenvalue weighted by molar-refractivity contribution is -0.138. The Labute approximate surface area is 225 Å². The fourth-order valence-corrected chi connectivity index (χ4v) is 6.31. The molecule has 0 N–H and O–H groups in total. The predicted octanol–water partition coefficient (Wildman–Crippen LogP) is 4.37. The number of anilines is 1. The van der Waals surface area contributed by atoms with Crippen molar-refractivity contribution in [2.75, 3.05) is 44.2 Å². The molecule has 2 aliphatic heterocycles. The van der Waals surface area contributed by atoms with Crippen LogP contribution >= 0.6 is 0 Å². The van der Waals surface area contributed by atoms with Gasteiger partial charge in [0.05, 0.1) is 22.8 Å². The number of hydrogen-bond donors (Lipinski definition) is 0. The highest BCUT2D eigenvalue weighted by molar-refractivity contribution is 5.81. The van der Waals surface area contributed by atoms with Crippen LogP contribution in [0.3, 0.4) is 0 Å². The van der Waals surface area contributed by atoms with E-state index < -0.39 is 0 Å². The number of amides is 1. The molecule has 38 heavy (non-hydrogen) atoms. The molecule has 5 heterocycles. The van der Waals surface area contributed by atoms with E-state index in [9.17, 15) is 4.79 Å². The Morgan fingerprint density at radius 3 is 2.63 bits per heavy atom. The van der Waals surface area contributed by atoms with Crippen molar-refractivity contribution < 1.29 is 4.79 Å². The number of pyridine rings is 1. The smallest absolute Gasteiger partial charge is 0.273 e.